The minimum atomic E-state index is 0.563. The monoisotopic (exact) mass is 325 g/mol. The number of likely N-dealkylation sites (N-methyl/N-ethyl adjacent to an activating group) is 1. The van der Waals surface area contributed by atoms with Gasteiger partial charge in [0.15, 0.2) is 0 Å². The molecule has 2 heterocycles. The van der Waals surface area contributed by atoms with Gasteiger partial charge in [0.1, 0.15) is 0 Å². The summed E-state index contributed by atoms with van der Waals surface area (Å²) >= 11 is 0. The van der Waals surface area contributed by atoms with Crippen molar-refractivity contribution >= 4 is 0 Å². The lowest BCUT2D eigenvalue weighted by Crippen LogP contribution is -2.39. The maximum Gasteiger partial charge on any atom is 0.0659 e. The van der Waals surface area contributed by atoms with Crippen molar-refractivity contribution in [1.29, 1.82) is 0 Å². The number of hydrogen-bond donors (Lipinski definition) is 2. The molecule has 2 aliphatic rings. The number of benzene rings is 1. The van der Waals surface area contributed by atoms with E-state index in [1.807, 2.05) is 23.1 Å². The third kappa shape index (κ3) is 4.04. The number of hydrogen-bond acceptors (Lipinski definition) is 4. The number of rotatable bonds is 7. The second-order valence-electron chi connectivity index (χ2n) is 7.39. The maximum atomic E-state index is 4.29. The summed E-state index contributed by atoms with van der Waals surface area (Å²) in [6, 6.07) is 12.1. The van der Waals surface area contributed by atoms with Crippen molar-refractivity contribution in [3.05, 3.63) is 53.9 Å². The first-order valence-electron chi connectivity index (χ1n) is 9.01. The fraction of sp³-hybridized carbons (Fsp3) is 0.526. The van der Waals surface area contributed by atoms with E-state index in [2.05, 4.69) is 52.2 Å². The van der Waals surface area contributed by atoms with E-state index in [1.54, 1.807) is 0 Å². The Morgan fingerprint density at radius 3 is 2.88 bits per heavy atom. The Morgan fingerprint density at radius 1 is 1.21 bits per heavy atom. The van der Waals surface area contributed by atoms with Gasteiger partial charge in [0.2, 0.25) is 0 Å². The summed E-state index contributed by atoms with van der Waals surface area (Å²) in [4.78, 5) is 2.42. The fourth-order valence-corrected chi connectivity index (χ4v) is 3.74. The van der Waals surface area contributed by atoms with Gasteiger partial charge >= 0.3 is 0 Å². The van der Waals surface area contributed by atoms with Gasteiger partial charge in [-0.05, 0) is 49.4 Å². The summed E-state index contributed by atoms with van der Waals surface area (Å²) in [5.41, 5.74) is 9.64. The number of nitrogens with zero attached hydrogens (tertiary/aromatic N) is 3. The van der Waals surface area contributed by atoms with Gasteiger partial charge in [0.25, 0.3) is 0 Å². The molecule has 4 rings (SSSR count). The van der Waals surface area contributed by atoms with Crippen LogP contribution in [0.5, 0.6) is 0 Å². The molecular weight excluding hydrogens is 298 g/mol. The van der Waals surface area contributed by atoms with Crippen LogP contribution in [0.15, 0.2) is 42.7 Å². The van der Waals surface area contributed by atoms with Gasteiger partial charge in [0, 0.05) is 37.6 Å². The van der Waals surface area contributed by atoms with Gasteiger partial charge in [-0.1, -0.05) is 24.3 Å². The molecule has 128 valence electrons. The molecule has 1 aromatic carbocycles. The van der Waals surface area contributed by atoms with Crippen molar-refractivity contribution in [3.63, 3.8) is 0 Å². The Balaban J connectivity index is 1.29. The first kappa shape index (κ1) is 15.8. The molecule has 0 radical (unpaired) electrons. The molecule has 5 nitrogen and oxygen atoms in total. The normalized spacial score (nSPS) is 23.9. The summed E-state index contributed by atoms with van der Waals surface area (Å²) in [5, 5.41) is 4.29. The first-order chi connectivity index (χ1) is 11.8. The fourth-order valence-electron chi connectivity index (χ4n) is 3.74. The third-order valence-electron chi connectivity index (χ3n) is 5.08. The largest absolute Gasteiger partial charge is 0.301 e. The molecular formula is C19H27N5. The molecule has 0 amide bonds. The number of hydrazine groups is 1. The van der Waals surface area contributed by atoms with Crippen LogP contribution < -0.4 is 10.9 Å². The van der Waals surface area contributed by atoms with Crippen LogP contribution in [0.3, 0.4) is 0 Å². The molecule has 1 aromatic heterocycles. The van der Waals surface area contributed by atoms with Crippen molar-refractivity contribution in [1.82, 2.24) is 25.5 Å². The summed E-state index contributed by atoms with van der Waals surface area (Å²) < 4.78 is 1.97. The molecule has 1 aliphatic carbocycles. The van der Waals surface area contributed by atoms with E-state index in [-0.39, 0.29) is 0 Å². The lowest BCUT2D eigenvalue weighted by Gasteiger charge is -2.21. The van der Waals surface area contributed by atoms with Gasteiger partial charge in [0.05, 0.1) is 6.54 Å². The lowest BCUT2D eigenvalue weighted by molar-refractivity contribution is 0.289. The molecule has 2 atom stereocenters. The molecule has 2 aromatic rings. The minimum absolute atomic E-state index is 0.563. The lowest BCUT2D eigenvalue weighted by atomic mass is 10.1. The van der Waals surface area contributed by atoms with Crippen LogP contribution in [0.2, 0.25) is 0 Å². The van der Waals surface area contributed by atoms with Crippen molar-refractivity contribution < 1.29 is 0 Å². The molecule has 2 N–H and O–H groups in total. The van der Waals surface area contributed by atoms with E-state index < -0.39 is 0 Å². The topological polar surface area (TPSA) is 45.1 Å². The molecule has 5 heteroatoms. The summed E-state index contributed by atoms with van der Waals surface area (Å²) in [5.74, 6) is 0.923. The van der Waals surface area contributed by atoms with Crippen LogP contribution in [-0.2, 0) is 13.1 Å². The van der Waals surface area contributed by atoms with Crippen LogP contribution in [0, 0.1) is 5.92 Å². The summed E-state index contributed by atoms with van der Waals surface area (Å²) in [6.07, 6.45) is 7.91. The van der Waals surface area contributed by atoms with Crippen LogP contribution in [0.1, 0.15) is 30.4 Å². The standard InChI is InChI=1S/C19H27N5/c1-23(14-18-11-19(22-21-18)17-6-7-17)12-15-4-2-5-16(10-15)13-24-9-3-8-20-24/h2-5,8-10,17-19,21-22H,6-7,11-14H2,1H3. The average molecular weight is 325 g/mol. The molecule has 0 spiro atoms. The molecule has 2 fully saturated rings. The van der Waals surface area contributed by atoms with Gasteiger partial charge in [-0.3, -0.25) is 15.5 Å². The predicted octanol–water partition coefficient (Wildman–Crippen LogP) is 2.01. The van der Waals surface area contributed by atoms with E-state index in [4.69, 9.17) is 0 Å². The highest BCUT2D eigenvalue weighted by atomic mass is 15.4. The second kappa shape index (κ2) is 7.05. The van der Waals surface area contributed by atoms with E-state index in [9.17, 15) is 0 Å². The predicted molar refractivity (Wildman–Crippen MR) is 95.3 cm³/mol. The zero-order chi connectivity index (χ0) is 16.4. The highest BCUT2D eigenvalue weighted by Crippen LogP contribution is 2.35. The SMILES string of the molecule is CN(Cc1cccc(Cn2cccn2)c1)CC1CC(C2CC2)NN1. The molecule has 1 saturated carbocycles. The van der Waals surface area contributed by atoms with Crippen LogP contribution in [0.25, 0.3) is 0 Å². The van der Waals surface area contributed by atoms with E-state index in [0.717, 1.165) is 25.6 Å². The minimum Gasteiger partial charge on any atom is -0.301 e. The second-order valence-corrected chi connectivity index (χ2v) is 7.39. The third-order valence-corrected chi connectivity index (χ3v) is 5.08. The number of nitrogens with one attached hydrogen (secondary N) is 2. The Morgan fingerprint density at radius 2 is 2.08 bits per heavy atom. The van der Waals surface area contributed by atoms with Gasteiger partial charge in [-0.15, -0.1) is 0 Å². The first-order valence-corrected chi connectivity index (χ1v) is 9.01. The zero-order valence-electron chi connectivity index (χ0n) is 14.4. The van der Waals surface area contributed by atoms with Gasteiger partial charge < -0.3 is 4.90 Å². The molecule has 24 heavy (non-hydrogen) atoms. The average Bonchev–Trinajstić information content (AvgIpc) is 3.09. The van der Waals surface area contributed by atoms with Gasteiger partial charge in [-0.2, -0.15) is 5.10 Å². The van der Waals surface area contributed by atoms with Crippen molar-refractivity contribution in [2.75, 3.05) is 13.6 Å². The smallest absolute Gasteiger partial charge is 0.0659 e. The van der Waals surface area contributed by atoms with E-state index in [1.165, 1.54) is 30.4 Å². The highest BCUT2D eigenvalue weighted by molar-refractivity contribution is 5.23. The zero-order valence-corrected chi connectivity index (χ0v) is 14.4. The quantitative estimate of drug-likeness (QED) is 0.817. The Bertz CT molecular complexity index is 650. The van der Waals surface area contributed by atoms with E-state index >= 15 is 0 Å². The Kier molecular flexibility index (Phi) is 4.65. The van der Waals surface area contributed by atoms with Crippen molar-refractivity contribution in [3.8, 4) is 0 Å². The Hall–Kier alpha value is -1.69. The Labute approximate surface area is 144 Å². The van der Waals surface area contributed by atoms with Crippen molar-refractivity contribution in [2.24, 2.45) is 5.92 Å². The van der Waals surface area contributed by atoms with E-state index in [0.29, 0.717) is 12.1 Å². The van der Waals surface area contributed by atoms with Crippen LogP contribution in [0.4, 0.5) is 0 Å². The molecule has 0 bridgehead atoms. The summed E-state index contributed by atoms with van der Waals surface area (Å²) in [7, 11) is 2.21. The number of aromatic nitrogens is 2. The van der Waals surface area contributed by atoms with Crippen LogP contribution in [-0.4, -0.2) is 40.4 Å². The summed E-state index contributed by atoms with van der Waals surface area (Å²) in [6.45, 7) is 2.90. The van der Waals surface area contributed by atoms with Crippen LogP contribution >= 0.6 is 0 Å². The maximum absolute atomic E-state index is 4.29. The highest BCUT2D eigenvalue weighted by Gasteiger charge is 2.36. The van der Waals surface area contributed by atoms with Crippen molar-refractivity contribution in [2.45, 2.75) is 44.4 Å². The van der Waals surface area contributed by atoms with Gasteiger partial charge in [-0.25, -0.2) is 0 Å². The molecule has 1 aliphatic heterocycles. The molecule has 2 unspecified atom stereocenters. The molecule has 1 saturated heterocycles.